The van der Waals surface area contributed by atoms with Crippen LogP contribution in [0.2, 0.25) is 0 Å². The first-order valence-corrected chi connectivity index (χ1v) is 6.68. The topological polar surface area (TPSA) is 26.3 Å². The highest BCUT2D eigenvalue weighted by atomic mass is 79.9. The second-order valence-electron chi connectivity index (χ2n) is 3.98. The summed E-state index contributed by atoms with van der Waals surface area (Å²) in [5.74, 6) is -0.344. The Morgan fingerprint density at radius 3 is 2.63 bits per heavy atom. The molecule has 0 N–H and O–H groups in total. The first-order chi connectivity index (χ1) is 9.24. The maximum absolute atomic E-state index is 11.6. The lowest BCUT2D eigenvalue weighted by Crippen LogP contribution is -2.00. The Bertz CT molecular complexity index is 576. The number of benzene rings is 2. The van der Waals surface area contributed by atoms with Crippen LogP contribution in [0.4, 0.5) is 0 Å². The van der Waals surface area contributed by atoms with Gasteiger partial charge in [0.05, 0.1) is 0 Å². The van der Waals surface area contributed by atoms with E-state index in [0.29, 0.717) is 0 Å². The highest BCUT2D eigenvalue weighted by molar-refractivity contribution is 9.10. The standard InChI is InChI=1S/C16H13BrO2/c17-15-8-4-7-14(11-15)12-19-16(18)10-9-13-5-2-1-3-6-13/h1-11H,12H2/b10-9+. The van der Waals surface area contributed by atoms with Gasteiger partial charge in [-0.05, 0) is 29.3 Å². The van der Waals surface area contributed by atoms with Crippen molar-refractivity contribution in [3.05, 3.63) is 76.3 Å². The summed E-state index contributed by atoms with van der Waals surface area (Å²) in [4.78, 5) is 11.6. The summed E-state index contributed by atoms with van der Waals surface area (Å²) >= 11 is 3.38. The first-order valence-electron chi connectivity index (χ1n) is 5.88. The van der Waals surface area contributed by atoms with E-state index >= 15 is 0 Å². The van der Waals surface area contributed by atoms with Crippen LogP contribution in [0, 0.1) is 0 Å². The fourth-order valence-corrected chi connectivity index (χ4v) is 2.00. The lowest BCUT2D eigenvalue weighted by Gasteiger charge is -2.02. The van der Waals surface area contributed by atoms with Crippen LogP contribution in [-0.2, 0) is 16.1 Å². The highest BCUT2D eigenvalue weighted by Gasteiger charge is 1.99. The number of carbonyl (C=O) groups is 1. The van der Waals surface area contributed by atoms with Gasteiger partial charge < -0.3 is 4.74 Å². The summed E-state index contributed by atoms with van der Waals surface area (Å²) in [6, 6.07) is 17.3. The van der Waals surface area contributed by atoms with Crippen LogP contribution in [0.25, 0.3) is 6.08 Å². The minimum atomic E-state index is -0.344. The lowest BCUT2D eigenvalue weighted by molar-refractivity contribution is -0.138. The third kappa shape index (κ3) is 4.72. The smallest absolute Gasteiger partial charge is 0.331 e. The molecule has 0 saturated heterocycles. The number of hydrogen-bond donors (Lipinski definition) is 0. The van der Waals surface area contributed by atoms with Gasteiger partial charge in [0, 0.05) is 10.5 Å². The van der Waals surface area contributed by atoms with E-state index in [1.807, 2.05) is 54.6 Å². The van der Waals surface area contributed by atoms with Crippen molar-refractivity contribution in [2.45, 2.75) is 6.61 Å². The maximum atomic E-state index is 11.6. The molecule has 0 radical (unpaired) electrons. The molecule has 0 heterocycles. The molecule has 2 nitrogen and oxygen atoms in total. The highest BCUT2D eigenvalue weighted by Crippen LogP contribution is 2.12. The molecule has 0 atom stereocenters. The zero-order valence-corrected chi connectivity index (χ0v) is 11.8. The molecule has 0 saturated carbocycles. The van der Waals surface area contributed by atoms with Crippen molar-refractivity contribution in [2.24, 2.45) is 0 Å². The van der Waals surface area contributed by atoms with Gasteiger partial charge >= 0.3 is 5.97 Å². The van der Waals surface area contributed by atoms with Crippen LogP contribution in [0.15, 0.2) is 65.1 Å². The summed E-state index contributed by atoms with van der Waals surface area (Å²) in [5.41, 5.74) is 1.93. The molecule has 0 aliphatic rings. The maximum Gasteiger partial charge on any atom is 0.331 e. The van der Waals surface area contributed by atoms with Gasteiger partial charge in [0.15, 0.2) is 0 Å². The molecular formula is C16H13BrO2. The molecule has 0 aromatic heterocycles. The van der Waals surface area contributed by atoms with Crippen LogP contribution in [0.1, 0.15) is 11.1 Å². The predicted octanol–water partition coefficient (Wildman–Crippen LogP) is 4.21. The van der Waals surface area contributed by atoms with Crippen molar-refractivity contribution in [1.82, 2.24) is 0 Å². The second-order valence-corrected chi connectivity index (χ2v) is 4.90. The van der Waals surface area contributed by atoms with Gasteiger partial charge in [-0.1, -0.05) is 58.4 Å². The van der Waals surface area contributed by atoms with Gasteiger partial charge in [-0.2, -0.15) is 0 Å². The van der Waals surface area contributed by atoms with E-state index < -0.39 is 0 Å². The summed E-state index contributed by atoms with van der Waals surface area (Å²) in [5, 5.41) is 0. The molecule has 0 spiro atoms. The average molecular weight is 317 g/mol. The van der Waals surface area contributed by atoms with E-state index in [4.69, 9.17) is 4.74 Å². The van der Waals surface area contributed by atoms with E-state index in [0.717, 1.165) is 15.6 Å². The number of hydrogen-bond acceptors (Lipinski definition) is 2. The molecule has 0 aliphatic carbocycles. The van der Waals surface area contributed by atoms with Crippen molar-refractivity contribution >= 4 is 28.0 Å². The first kappa shape index (κ1) is 13.6. The SMILES string of the molecule is O=C(/C=C/c1ccccc1)OCc1cccc(Br)c1. The molecule has 2 aromatic carbocycles. The zero-order valence-electron chi connectivity index (χ0n) is 10.3. The van der Waals surface area contributed by atoms with Crippen molar-refractivity contribution in [1.29, 1.82) is 0 Å². The number of esters is 1. The normalized spacial score (nSPS) is 10.6. The summed E-state index contributed by atoms with van der Waals surface area (Å²) in [6.07, 6.45) is 3.18. The summed E-state index contributed by atoms with van der Waals surface area (Å²) in [6.45, 7) is 0.275. The third-order valence-electron chi connectivity index (χ3n) is 2.48. The number of halogens is 1. The molecule has 3 heteroatoms. The van der Waals surface area contributed by atoms with Gasteiger partial charge in [-0.25, -0.2) is 4.79 Å². The van der Waals surface area contributed by atoms with E-state index in [9.17, 15) is 4.79 Å². The van der Waals surface area contributed by atoms with Crippen LogP contribution in [0.3, 0.4) is 0 Å². The predicted molar refractivity (Wildman–Crippen MR) is 79.4 cm³/mol. The fraction of sp³-hybridized carbons (Fsp3) is 0.0625. The average Bonchev–Trinajstić information content (AvgIpc) is 2.44. The number of rotatable bonds is 4. The van der Waals surface area contributed by atoms with Crippen molar-refractivity contribution in [3.8, 4) is 0 Å². The van der Waals surface area contributed by atoms with E-state index in [2.05, 4.69) is 15.9 Å². The van der Waals surface area contributed by atoms with E-state index in [1.165, 1.54) is 6.08 Å². The molecule has 0 amide bonds. The van der Waals surface area contributed by atoms with Crippen molar-refractivity contribution in [2.75, 3.05) is 0 Å². The Balaban J connectivity index is 1.87. The van der Waals surface area contributed by atoms with Crippen molar-refractivity contribution < 1.29 is 9.53 Å². The number of carbonyl (C=O) groups excluding carboxylic acids is 1. The molecule has 19 heavy (non-hydrogen) atoms. The Labute approximate surface area is 120 Å². The molecule has 2 rings (SSSR count). The van der Waals surface area contributed by atoms with Crippen LogP contribution in [-0.4, -0.2) is 5.97 Å². The van der Waals surface area contributed by atoms with Crippen LogP contribution >= 0.6 is 15.9 Å². The van der Waals surface area contributed by atoms with Crippen LogP contribution in [0.5, 0.6) is 0 Å². The van der Waals surface area contributed by atoms with Gasteiger partial charge in [0.1, 0.15) is 6.61 Å². The third-order valence-corrected chi connectivity index (χ3v) is 2.97. The van der Waals surface area contributed by atoms with Crippen molar-refractivity contribution in [3.63, 3.8) is 0 Å². The lowest BCUT2D eigenvalue weighted by atomic mass is 10.2. The van der Waals surface area contributed by atoms with Gasteiger partial charge in [-0.3, -0.25) is 0 Å². The fourth-order valence-electron chi connectivity index (χ4n) is 1.56. The molecule has 0 unspecified atom stereocenters. The molecule has 0 aliphatic heterocycles. The second kappa shape index (κ2) is 6.90. The summed E-state index contributed by atoms with van der Waals surface area (Å²) in [7, 11) is 0. The summed E-state index contributed by atoms with van der Waals surface area (Å²) < 4.78 is 6.13. The Kier molecular flexibility index (Phi) is 4.93. The Hall–Kier alpha value is -1.87. The van der Waals surface area contributed by atoms with Crippen LogP contribution < -0.4 is 0 Å². The largest absolute Gasteiger partial charge is 0.458 e. The minimum Gasteiger partial charge on any atom is -0.458 e. The van der Waals surface area contributed by atoms with E-state index in [-0.39, 0.29) is 12.6 Å². The minimum absolute atomic E-state index is 0.275. The number of ether oxygens (including phenoxy) is 1. The molecule has 0 fully saturated rings. The molecule has 96 valence electrons. The monoisotopic (exact) mass is 316 g/mol. The Morgan fingerprint density at radius 2 is 1.89 bits per heavy atom. The zero-order chi connectivity index (χ0) is 13.5. The van der Waals surface area contributed by atoms with Gasteiger partial charge in [0.25, 0.3) is 0 Å². The molecule has 0 bridgehead atoms. The Morgan fingerprint density at radius 1 is 1.11 bits per heavy atom. The van der Waals surface area contributed by atoms with E-state index in [1.54, 1.807) is 6.08 Å². The molecule has 2 aromatic rings. The van der Waals surface area contributed by atoms with Gasteiger partial charge in [-0.15, -0.1) is 0 Å². The quantitative estimate of drug-likeness (QED) is 0.624. The molecular weight excluding hydrogens is 304 g/mol. The van der Waals surface area contributed by atoms with Gasteiger partial charge in [0.2, 0.25) is 0 Å².